The van der Waals surface area contributed by atoms with Gasteiger partial charge in [0.2, 0.25) is 0 Å². The molecule has 2 rings (SSSR count). The quantitative estimate of drug-likeness (QED) is 0.693. The summed E-state index contributed by atoms with van der Waals surface area (Å²) in [7, 11) is 0. The Bertz CT molecular complexity index is 638. The number of pyridine rings is 1. The van der Waals surface area contributed by atoms with Crippen molar-refractivity contribution in [1.29, 1.82) is 0 Å². The van der Waals surface area contributed by atoms with Crippen molar-refractivity contribution >= 4 is 23.5 Å². The lowest BCUT2D eigenvalue weighted by Gasteiger charge is -2.01. The predicted octanol–water partition coefficient (Wildman–Crippen LogP) is 0.596. The molecule has 0 atom stereocenters. The first kappa shape index (κ1) is 12.1. The fourth-order valence-corrected chi connectivity index (χ4v) is 1.95. The van der Waals surface area contributed by atoms with Crippen molar-refractivity contribution < 1.29 is 9.90 Å². The van der Waals surface area contributed by atoms with Gasteiger partial charge in [0.1, 0.15) is 11.5 Å². The number of hydrogen-bond acceptors (Lipinski definition) is 6. The number of H-pyrrole nitrogens is 1. The molecule has 0 unspecified atom stereocenters. The topological polar surface area (TPSA) is 122 Å². The second-order valence-electron chi connectivity index (χ2n) is 3.26. The smallest absolute Gasteiger partial charge is 0.354 e. The predicted molar refractivity (Wildman–Crippen MR) is 64.6 cm³/mol. The maximum absolute atomic E-state index is 11.2. The number of nitrogens with one attached hydrogen (secondary N) is 1. The van der Waals surface area contributed by atoms with E-state index in [1.165, 1.54) is 18.3 Å². The van der Waals surface area contributed by atoms with Gasteiger partial charge in [-0.1, -0.05) is 11.8 Å². The van der Waals surface area contributed by atoms with E-state index >= 15 is 0 Å². The van der Waals surface area contributed by atoms with Gasteiger partial charge in [-0.15, -0.1) is 0 Å². The molecule has 2 aromatic heterocycles. The number of hydrogen-bond donors (Lipinski definition) is 3. The van der Waals surface area contributed by atoms with Crippen molar-refractivity contribution in [2.45, 2.75) is 10.1 Å². The van der Waals surface area contributed by atoms with Gasteiger partial charge < -0.3 is 15.8 Å². The lowest BCUT2D eigenvalue weighted by molar-refractivity contribution is 0.0690. The van der Waals surface area contributed by atoms with E-state index in [-0.39, 0.29) is 17.1 Å². The maximum Gasteiger partial charge on any atom is 0.354 e. The van der Waals surface area contributed by atoms with Crippen molar-refractivity contribution in [2.24, 2.45) is 0 Å². The van der Waals surface area contributed by atoms with Crippen LogP contribution < -0.4 is 11.3 Å². The van der Waals surface area contributed by atoms with Gasteiger partial charge in [-0.2, -0.15) is 0 Å². The zero-order chi connectivity index (χ0) is 13.1. The Kier molecular flexibility index (Phi) is 3.28. The molecule has 7 nitrogen and oxygen atoms in total. The molecule has 0 amide bonds. The molecule has 0 aliphatic heterocycles. The second-order valence-corrected chi connectivity index (χ2v) is 4.32. The molecule has 0 aliphatic rings. The highest BCUT2D eigenvalue weighted by atomic mass is 32.2. The summed E-state index contributed by atoms with van der Waals surface area (Å²) in [4.78, 5) is 32.6. The summed E-state index contributed by atoms with van der Waals surface area (Å²) in [6.45, 7) is 0. The van der Waals surface area contributed by atoms with Crippen LogP contribution in [0.25, 0.3) is 0 Å². The van der Waals surface area contributed by atoms with Gasteiger partial charge in [0.25, 0.3) is 5.56 Å². The van der Waals surface area contributed by atoms with Crippen molar-refractivity contribution in [3.63, 3.8) is 0 Å². The van der Waals surface area contributed by atoms with Crippen molar-refractivity contribution in [3.8, 4) is 0 Å². The Balaban J connectivity index is 2.23. The number of anilines is 1. The van der Waals surface area contributed by atoms with Crippen LogP contribution in [0.2, 0.25) is 0 Å². The molecule has 2 heterocycles. The van der Waals surface area contributed by atoms with E-state index in [2.05, 4.69) is 15.0 Å². The molecule has 0 bridgehead atoms. The number of nitrogen functional groups attached to an aromatic ring is 1. The van der Waals surface area contributed by atoms with E-state index in [1.807, 2.05) is 0 Å². The average Bonchev–Trinajstić information content (AvgIpc) is 2.28. The first-order chi connectivity index (χ1) is 8.54. The zero-order valence-corrected chi connectivity index (χ0v) is 9.77. The van der Waals surface area contributed by atoms with Crippen LogP contribution in [0.4, 0.5) is 5.82 Å². The van der Waals surface area contributed by atoms with Crippen LogP contribution in [0.15, 0.2) is 39.2 Å². The van der Waals surface area contributed by atoms with Crippen LogP contribution >= 0.6 is 11.8 Å². The van der Waals surface area contributed by atoms with Gasteiger partial charge in [-0.05, 0) is 12.1 Å². The summed E-state index contributed by atoms with van der Waals surface area (Å²) < 4.78 is 0. The Morgan fingerprint density at radius 2 is 2.22 bits per heavy atom. The third-order valence-corrected chi connectivity index (χ3v) is 2.77. The SMILES string of the molecule is Nc1cc(=O)[nH]c(Sc2ccc(C(=O)O)nc2)n1. The molecule has 0 saturated carbocycles. The third kappa shape index (κ3) is 2.86. The largest absolute Gasteiger partial charge is 0.477 e. The minimum atomic E-state index is -1.10. The molecule has 2 aromatic rings. The molecule has 8 heteroatoms. The number of aromatic nitrogens is 3. The van der Waals surface area contributed by atoms with Gasteiger partial charge >= 0.3 is 5.97 Å². The van der Waals surface area contributed by atoms with E-state index in [4.69, 9.17) is 10.8 Å². The van der Waals surface area contributed by atoms with E-state index < -0.39 is 5.97 Å². The number of nitrogens with zero attached hydrogens (tertiary/aromatic N) is 2. The van der Waals surface area contributed by atoms with Crippen LogP contribution in [0.5, 0.6) is 0 Å². The summed E-state index contributed by atoms with van der Waals surface area (Å²) >= 11 is 1.13. The standard InChI is InChI=1S/C10H8N4O3S/c11-7-3-8(15)14-10(13-7)18-5-1-2-6(9(16)17)12-4-5/h1-4H,(H,16,17)(H3,11,13,14,15). The summed E-state index contributed by atoms with van der Waals surface area (Å²) in [5, 5.41) is 9.02. The fourth-order valence-electron chi connectivity index (χ4n) is 1.18. The van der Waals surface area contributed by atoms with Crippen LogP contribution in [0, 0.1) is 0 Å². The van der Waals surface area contributed by atoms with Crippen molar-refractivity contribution in [1.82, 2.24) is 15.0 Å². The molecule has 0 spiro atoms. The van der Waals surface area contributed by atoms with Crippen LogP contribution in [0.3, 0.4) is 0 Å². The highest BCUT2D eigenvalue weighted by molar-refractivity contribution is 7.99. The van der Waals surface area contributed by atoms with Crippen LogP contribution in [0.1, 0.15) is 10.5 Å². The normalized spacial score (nSPS) is 10.2. The van der Waals surface area contributed by atoms with E-state index in [9.17, 15) is 9.59 Å². The third-order valence-electron chi connectivity index (χ3n) is 1.91. The lowest BCUT2D eigenvalue weighted by Crippen LogP contribution is -2.09. The Labute approximate surface area is 105 Å². The summed E-state index contributed by atoms with van der Waals surface area (Å²) in [5.41, 5.74) is 5.04. The summed E-state index contributed by atoms with van der Waals surface area (Å²) in [5.74, 6) is -0.974. The average molecular weight is 264 g/mol. The van der Waals surface area contributed by atoms with Gasteiger partial charge in [0.15, 0.2) is 5.16 Å². The molecule has 0 radical (unpaired) electrons. The minimum Gasteiger partial charge on any atom is -0.477 e. The molecular formula is C10H8N4O3S. The first-order valence-electron chi connectivity index (χ1n) is 4.78. The molecule has 4 N–H and O–H groups in total. The highest BCUT2D eigenvalue weighted by Gasteiger charge is 2.06. The first-order valence-corrected chi connectivity index (χ1v) is 5.60. The molecule has 0 saturated heterocycles. The van der Waals surface area contributed by atoms with Gasteiger partial charge in [0.05, 0.1) is 0 Å². The Hall–Kier alpha value is -2.35. The number of carboxylic acids is 1. The number of nitrogens with two attached hydrogens (primary N) is 1. The fraction of sp³-hybridized carbons (Fsp3) is 0. The monoisotopic (exact) mass is 264 g/mol. The van der Waals surface area contributed by atoms with Crippen LogP contribution in [-0.4, -0.2) is 26.0 Å². The highest BCUT2D eigenvalue weighted by Crippen LogP contribution is 2.23. The molecule has 0 aliphatic carbocycles. The van der Waals surface area contributed by atoms with E-state index in [0.717, 1.165) is 11.8 Å². The number of aromatic carboxylic acids is 1. The van der Waals surface area contributed by atoms with E-state index in [1.54, 1.807) is 6.07 Å². The number of carbonyl (C=O) groups is 1. The van der Waals surface area contributed by atoms with Gasteiger partial charge in [-0.3, -0.25) is 4.79 Å². The summed E-state index contributed by atoms with van der Waals surface area (Å²) in [6.07, 6.45) is 1.39. The van der Waals surface area contributed by atoms with Crippen molar-refractivity contribution in [2.75, 3.05) is 5.73 Å². The molecule has 0 aromatic carbocycles. The Morgan fingerprint density at radius 3 is 2.78 bits per heavy atom. The van der Waals surface area contributed by atoms with Crippen LogP contribution in [-0.2, 0) is 0 Å². The van der Waals surface area contributed by atoms with Gasteiger partial charge in [-0.25, -0.2) is 14.8 Å². The lowest BCUT2D eigenvalue weighted by atomic mass is 10.4. The number of carboxylic acid groups (broad SMARTS) is 1. The zero-order valence-electron chi connectivity index (χ0n) is 8.95. The number of aromatic amines is 1. The molecule has 0 fully saturated rings. The molecule has 18 heavy (non-hydrogen) atoms. The molecule has 92 valence electrons. The minimum absolute atomic E-state index is 0.0478. The summed E-state index contributed by atoms with van der Waals surface area (Å²) in [6, 6.07) is 4.12. The maximum atomic E-state index is 11.2. The Morgan fingerprint density at radius 1 is 1.44 bits per heavy atom. The van der Waals surface area contributed by atoms with Gasteiger partial charge in [0, 0.05) is 17.2 Å². The number of rotatable bonds is 3. The second kappa shape index (κ2) is 4.88. The molecular weight excluding hydrogens is 256 g/mol. The van der Waals surface area contributed by atoms with Crippen molar-refractivity contribution in [3.05, 3.63) is 40.4 Å². The van der Waals surface area contributed by atoms with E-state index in [0.29, 0.717) is 10.1 Å².